The zero-order valence-corrected chi connectivity index (χ0v) is 10.9. The van der Waals surface area contributed by atoms with Crippen LogP contribution in [0.3, 0.4) is 0 Å². The third kappa shape index (κ3) is 1.46. The molecule has 0 aromatic carbocycles. The van der Waals surface area contributed by atoms with Crippen LogP contribution in [0.5, 0.6) is 0 Å². The number of hydrogen-bond acceptors (Lipinski definition) is 4. The average Bonchev–Trinajstić information content (AvgIpc) is 2.89. The molecule has 0 aromatic heterocycles. The molecule has 4 fully saturated rings. The molecule has 100 valence electrons. The molecular formula is C14H20O4. The van der Waals surface area contributed by atoms with Crippen LogP contribution in [0.2, 0.25) is 0 Å². The fourth-order valence-corrected chi connectivity index (χ4v) is 4.10. The van der Waals surface area contributed by atoms with E-state index in [0.29, 0.717) is 18.3 Å². The molecule has 0 amide bonds. The van der Waals surface area contributed by atoms with E-state index in [1.54, 1.807) is 0 Å². The molecule has 4 nitrogen and oxygen atoms in total. The van der Waals surface area contributed by atoms with Gasteiger partial charge < -0.3 is 14.2 Å². The smallest absolute Gasteiger partial charge is 0.185 e. The van der Waals surface area contributed by atoms with Crippen molar-refractivity contribution < 1.29 is 19.0 Å². The van der Waals surface area contributed by atoms with E-state index < -0.39 is 5.60 Å². The van der Waals surface area contributed by atoms with Gasteiger partial charge in [-0.1, -0.05) is 0 Å². The predicted octanol–water partition coefficient (Wildman–Crippen LogP) is 1.66. The number of hydrogen-bond donors (Lipinski definition) is 0. The Bertz CT molecular complexity index is 391. The Balaban J connectivity index is 1.57. The summed E-state index contributed by atoms with van der Waals surface area (Å²) in [5.74, 6) is 1.41. The highest BCUT2D eigenvalue weighted by Crippen LogP contribution is 2.51. The van der Waals surface area contributed by atoms with E-state index in [2.05, 4.69) is 0 Å². The van der Waals surface area contributed by atoms with Gasteiger partial charge in [-0.25, -0.2) is 0 Å². The van der Waals surface area contributed by atoms with Gasteiger partial charge in [0.1, 0.15) is 11.7 Å². The molecule has 0 N–H and O–H groups in total. The second-order valence-electron chi connectivity index (χ2n) is 6.70. The maximum atomic E-state index is 12.0. The normalized spacial score (nSPS) is 53.1. The monoisotopic (exact) mass is 252 g/mol. The van der Waals surface area contributed by atoms with E-state index in [9.17, 15) is 4.79 Å². The Morgan fingerprint density at radius 2 is 1.78 bits per heavy atom. The average molecular weight is 252 g/mol. The van der Waals surface area contributed by atoms with Crippen molar-refractivity contribution in [3.05, 3.63) is 0 Å². The standard InChI is InChI=1S/C14H20O4/c1-14(2)10(15)6-9-13(18-14)17-12-8-4-3-7(5-8)11(12)16-9/h7-9,11-13H,3-6H2,1-2H3/t7-,8+,9-,11+,12-,13+/m0/s1. The Hall–Kier alpha value is -0.450. The second kappa shape index (κ2) is 3.56. The van der Waals surface area contributed by atoms with E-state index in [-0.39, 0.29) is 30.4 Å². The van der Waals surface area contributed by atoms with Crippen LogP contribution < -0.4 is 0 Å². The summed E-state index contributed by atoms with van der Waals surface area (Å²) in [7, 11) is 0. The molecule has 4 heteroatoms. The van der Waals surface area contributed by atoms with Crippen molar-refractivity contribution in [2.75, 3.05) is 0 Å². The third-order valence-corrected chi connectivity index (χ3v) is 5.16. The SMILES string of the molecule is CC1(C)O[C@H]2O[C@H]3[C@@H]4CC[C@@H](C4)[C@H]3O[C@H]2CC1=O. The maximum Gasteiger partial charge on any atom is 0.185 e. The molecule has 2 bridgehead atoms. The molecule has 2 heterocycles. The highest BCUT2D eigenvalue weighted by atomic mass is 16.7. The van der Waals surface area contributed by atoms with E-state index in [0.717, 1.165) is 0 Å². The Morgan fingerprint density at radius 3 is 2.50 bits per heavy atom. The van der Waals surface area contributed by atoms with Crippen LogP contribution in [-0.2, 0) is 19.0 Å². The van der Waals surface area contributed by atoms with Crippen molar-refractivity contribution in [3.63, 3.8) is 0 Å². The summed E-state index contributed by atoms with van der Waals surface area (Å²) < 4.78 is 18.1. The van der Waals surface area contributed by atoms with Crippen LogP contribution in [0.15, 0.2) is 0 Å². The molecule has 0 radical (unpaired) electrons. The van der Waals surface area contributed by atoms with Gasteiger partial charge in [-0.3, -0.25) is 4.79 Å². The number of Topliss-reactive ketones (excluding diaryl/α,β-unsaturated/α-hetero) is 1. The molecule has 0 spiro atoms. The summed E-state index contributed by atoms with van der Waals surface area (Å²) >= 11 is 0. The number of carbonyl (C=O) groups excluding carboxylic acids is 1. The van der Waals surface area contributed by atoms with Crippen LogP contribution in [-0.4, -0.2) is 36.0 Å². The first kappa shape index (κ1) is 11.4. The first-order valence-corrected chi connectivity index (χ1v) is 7.06. The lowest BCUT2D eigenvalue weighted by atomic mass is 9.90. The van der Waals surface area contributed by atoms with Crippen molar-refractivity contribution in [2.24, 2.45) is 11.8 Å². The highest BCUT2D eigenvalue weighted by molar-refractivity contribution is 5.87. The van der Waals surface area contributed by atoms with Crippen LogP contribution in [0.1, 0.15) is 39.5 Å². The molecule has 4 rings (SSSR count). The van der Waals surface area contributed by atoms with Gasteiger partial charge in [-0.15, -0.1) is 0 Å². The number of rotatable bonds is 0. The van der Waals surface area contributed by atoms with Crippen molar-refractivity contribution in [2.45, 2.75) is 69.7 Å². The van der Waals surface area contributed by atoms with Gasteiger partial charge in [0.05, 0.1) is 12.2 Å². The lowest BCUT2D eigenvalue weighted by Crippen LogP contribution is -2.59. The first-order chi connectivity index (χ1) is 8.54. The van der Waals surface area contributed by atoms with Crippen molar-refractivity contribution in [1.82, 2.24) is 0 Å². The van der Waals surface area contributed by atoms with E-state index in [1.165, 1.54) is 19.3 Å². The van der Waals surface area contributed by atoms with Gasteiger partial charge in [0.15, 0.2) is 12.1 Å². The Labute approximate surface area is 107 Å². The topological polar surface area (TPSA) is 44.8 Å². The van der Waals surface area contributed by atoms with Gasteiger partial charge in [0.25, 0.3) is 0 Å². The first-order valence-electron chi connectivity index (χ1n) is 7.06. The minimum Gasteiger partial charge on any atom is -0.366 e. The van der Waals surface area contributed by atoms with Crippen LogP contribution in [0, 0.1) is 11.8 Å². The summed E-state index contributed by atoms with van der Waals surface area (Å²) in [6.07, 6.45) is 4.05. The molecular weight excluding hydrogens is 232 g/mol. The zero-order valence-electron chi connectivity index (χ0n) is 10.9. The molecule has 0 unspecified atom stereocenters. The minimum absolute atomic E-state index is 0.119. The molecule has 4 aliphatic rings. The summed E-state index contributed by atoms with van der Waals surface area (Å²) in [6.45, 7) is 3.64. The molecule has 18 heavy (non-hydrogen) atoms. The van der Waals surface area contributed by atoms with Crippen molar-refractivity contribution >= 4 is 5.78 Å². The minimum atomic E-state index is -0.727. The summed E-state index contributed by atoms with van der Waals surface area (Å²) in [5.41, 5.74) is -0.727. The van der Waals surface area contributed by atoms with Crippen LogP contribution >= 0.6 is 0 Å². The summed E-state index contributed by atoms with van der Waals surface area (Å²) in [5, 5.41) is 0. The second-order valence-corrected chi connectivity index (χ2v) is 6.70. The maximum absolute atomic E-state index is 12.0. The Morgan fingerprint density at radius 1 is 1.11 bits per heavy atom. The van der Waals surface area contributed by atoms with Gasteiger partial charge in [-0.2, -0.15) is 0 Å². The van der Waals surface area contributed by atoms with E-state index >= 15 is 0 Å². The molecule has 2 saturated heterocycles. The number of fused-ring (bicyclic) bond motifs is 6. The Kier molecular flexibility index (Phi) is 2.25. The van der Waals surface area contributed by atoms with Crippen LogP contribution in [0.25, 0.3) is 0 Å². The van der Waals surface area contributed by atoms with E-state index in [1.807, 2.05) is 13.8 Å². The lowest BCUT2D eigenvalue weighted by Gasteiger charge is -2.48. The molecule has 0 aromatic rings. The quantitative estimate of drug-likeness (QED) is 0.658. The molecule has 2 saturated carbocycles. The highest BCUT2D eigenvalue weighted by Gasteiger charge is 2.57. The summed E-state index contributed by atoms with van der Waals surface area (Å²) in [4.78, 5) is 12.0. The molecule has 2 aliphatic carbocycles. The van der Waals surface area contributed by atoms with Gasteiger partial charge in [0.2, 0.25) is 0 Å². The third-order valence-electron chi connectivity index (χ3n) is 5.16. The van der Waals surface area contributed by atoms with Gasteiger partial charge in [0, 0.05) is 6.42 Å². The van der Waals surface area contributed by atoms with Crippen molar-refractivity contribution in [1.29, 1.82) is 0 Å². The van der Waals surface area contributed by atoms with Crippen LogP contribution in [0.4, 0.5) is 0 Å². The van der Waals surface area contributed by atoms with Crippen molar-refractivity contribution in [3.8, 4) is 0 Å². The fraction of sp³-hybridized carbons (Fsp3) is 0.929. The lowest BCUT2D eigenvalue weighted by molar-refractivity contribution is -0.336. The largest absolute Gasteiger partial charge is 0.366 e. The predicted molar refractivity (Wildman–Crippen MR) is 62.9 cm³/mol. The number of ether oxygens (including phenoxy) is 3. The van der Waals surface area contributed by atoms with E-state index in [4.69, 9.17) is 14.2 Å². The zero-order chi connectivity index (χ0) is 12.5. The molecule has 6 atom stereocenters. The van der Waals surface area contributed by atoms with Gasteiger partial charge in [-0.05, 0) is 44.9 Å². The summed E-state index contributed by atoms with van der Waals surface area (Å²) in [6, 6.07) is 0. The number of carbonyl (C=O) groups is 1. The molecule has 2 aliphatic heterocycles. The fourth-order valence-electron chi connectivity index (χ4n) is 4.10. The van der Waals surface area contributed by atoms with Gasteiger partial charge >= 0.3 is 0 Å². The number of ketones is 1.